The van der Waals surface area contributed by atoms with Gasteiger partial charge in [-0.2, -0.15) is 0 Å². The van der Waals surface area contributed by atoms with Crippen LogP contribution in [-0.2, 0) is 4.79 Å². The lowest BCUT2D eigenvalue weighted by atomic mass is 10.1. The second-order valence-electron chi connectivity index (χ2n) is 3.84. The third kappa shape index (κ3) is 3.37. The van der Waals surface area contributed by atoms with Gasteiger partial charge in [-0.05, 0) is 48.7 Å². The van der Waals surface area contributed by atoms with Crippen molar-refractivity contribution in [3.63, 3.8) is 0 Å². The lowest BCUT2D eigenvalue weighted by molar-refractivity contribution is -0.107. The second kappa shape index (κ2) is 6.85. The number of benzene rings is 1. The summed E-state index contributed by atoms with van der Waals surface area (Å²) in [5.74, 6) is 1.34. The molecule has 1 heterocycles. The number of rotatable bonds is 4. The van der Waals surface area contributed by atoms with Gasteiger partial charge in [-0.3, -0.25) is 4.79 Å². The minimum Gasteiger partial charge on any atom is -0.493 e. The zero-order chi connectivity index (χ0) is 14.5. The Bertz CT molecular complexity index is 582. The predicted molar refractivity (Wildman–Crippen MR) is 85.7 cm³/mol. The minimum absolute atomic E-state index is 0.0249. The van der Waals surface area contributed by atoms with Crippen LogP contribution in [0.1, 0.15) is 12.5 Å². The molecule has 0 unspecified atom stereocenters. The molecule has 0 bridgehead atoms. The van der Waals surface area contributed by atoms with Crippen molar-refractivity contribution in [2.45, 2.75) is 6.92 Å². The molecular formula is C14H15NO3S2. The van der Waals surface area contributed by atoms with E-state index in [2.05, 4.69) is 4.99 Å². The van der Waals surface area contributed by atoms with Crippen LogP contribution in [0.2, 0.25) is 0 Å². The summed E-state index contributed by atoms with van der Waals surface area (Å²) in [5, 5.41) is -0.0249. The van der Waals surface area contributed by atoms with E-state index < -0.39 is 0 Å². The van der Waals surface area contributed by atoms with E-state index in [4.69, 9.17) is 9.47 Å². The fourth-order valence-corrected chi connectivity index (χ4v) is 2.95. The maximum absolute atomic E-state index is 11.8. The minimum atomic E-state index is -0.0249. The van der Waals surface area contributed by atoms with Crippen LogP contribution in [0.15, 0.2) is 28.9 Å². The maximum Gasteiger partial charge on any atom is 0.244 e. The van der Waals surface area contributed by atoms with Gasteiger partial charge in [0.1, 0.15) is 10.1 Å². The molecule has 0 saturated carbocycles. The smallest absolute Gasteiger partial charge is 0.244 e. The van der Waals surface area contributed by atoms with Gasteiger partial charge in [0.15, 0.2) is 11.5 Å². The van der Waals surface area contributed by atoms with Gasteiger partial charge in [-0.25, -0.2) is 4.99 Å². The normalized spacial score (nSPS) is 16.4. The third-order valence-corrected chi connectivity index (χ3v) is 4.42. The number of methoxy groups -OCH3 is 1. The van der Waals surface area contributed by atoms with Crippen molar-refractivity contribution in [3.8, 4) is 11.5 Å². The van der Waals surface area contributed by atoms with Gasteiger partial charge in [-0.15, -0.1) is 11.8 Å². The number of thioether (sulfide) groups is 2. The molecule has 2 rings (SSSR count). The van der Waals surface area contributed by atoms with E-state index in [9.17, 15) is 4.79 Å². The molecule has 0 spiro atoms. The maximum atomic E-state index is 11.8. The van der Waals surface area contributed by atoms with Crippen molar-refractivity contribution in [2.24, 2.45) is 4.99 Å². The summed E-state index contributed by atoms with van der Waals surface area (Å²) in [4.78, 5) is 16.1. The number of carbonyl (C=O) groups excluding carboxylic acids is 1. The summed E-state index contributed by atoms with van der Waals surface area (Å²) in [6, 6.07) is 5.54. The first-order valence-electron chi connectivity index (χ1n) is 6.05. The van der Waals surface area contributed by atoms with Crippen molar-refractivity contribution in [2.75, 3.05) is 20.0 Å². The van der Waals surface area contributed by atoms with Gasteiger partial charge in [0.25, 0.3) is 0 Å². The second-order valence-corrected chi connectivity index (χ2v) is 5.86. The summed E-state index contributed by atoms with van der Waals surface area (Å²) in [6.45, 7) is 2.47. The Kier molecular flexibility index (Phi) is 5.14. The van der Waals surface area contributed by atoms with Crippen LogP contribution >= 0.6 is 23.5 Å². The lowest BCUT2D eigenvalue weighted by Gasteiger charge is -2.09. The summed E-state index contributed by atoms with van der Waals surface area (Å²) in [7, 11) is 1.60. The molecule has 20 heavy (non-hydrogen) atoms. The van der Waals surface area contributed by atoms with Gasteiger partial charge in [0.05, 0.1) is 13.7 Å². The Balaban J connectivity index is 2.32. The molecule has 0 atom stereocenters. The van der Waals surface area contributed by atoms with Crippen LogP contribution in [0.25, 0.3) is 6.08 Å². The molecule has 6 heteroatoms. The average Bonchev–Trinajstić information content (AvgIpc) is 2.80. The summed E-state index contributed by atoms with van der Waals surface area (Å²) in [6.07, 6.45) is 3.67. The molecule has 0 fully saturated rings. The van der Waals surface area contributed by atoms with Crippen molar-refractivity contribution in [1.82, 2.24) is 0 Å². The fraction of sp³-hybridized carbons (Fsp3) is 0.286. The predicted octanol–water partition coefficient (Wildman–Crippen LogP) is 3.43. The van der Waals surface area contributed by atoms with Gasteiger partial charge < -0.3 is 9.47 Å². The molecule has 4 nitrogen and oxygen atoms in total. The van der Waals surface area contributed by atoms with E-state index in [1.54, 1.807) is 13.2 Å². The summed E-state index contributed by atoms with van der Waals surface area (Å²) in [5.41, 5.74) is 1.33. The first kappa shape index (κ1) is 15.0. The topological polar surface area (TPSA) is 47.9 Å². The molecule has 1 aliphatic rings. The van der Waals surface area contributed by atoms with Crippen LogP contribution in [0, 0.1) is 0 Å². The first-order chi connectivity index (χ1) is 9.67. The van der Waals surface area contributed by atoms with Gasteiger partial charge in [0, 0.05) is 0 Å². The largest absolute Gasteiger partial charge is 0.493 e. The third-order valence-electron chi connectivity index (χ3n) is 2.57. The first-order valence-corrected chi connectivity index (χ1v) is 8.09. The van der Waals surface area contributed by atoms with Crippen LogP contribution in [0.4, 0.5) is 0 Å². The molecular weight excluding hydrogens is 294 g/mol. The number of carbonyl (C=O) groups is 1. The van der Waals surface area contributed by atoms with E-state index in [1.807, 2.05) is 31.4 Å². The highest BCUT2D eigenvalue weighted by Crippen LogP contribution is 2.32. The van der Waals surface area contributed by atoms with Crippen molar-refractivity contribution in [1.29, 1.82) is 0 Å². The molecule has 0 amide bonds. The fourth-order valence-electron chi connectivity index (χ4n) is 1.69. The van der Waals surface area contributed by atoms with Crippen LogP contribution in [-0.4, -0.2) is 29.5 Å². The molecule has 0 radical (unpaired) electrons. The number of ether oxygens (including phenoxy) is 2. The van der Waals surface area contributed by atoms with E-state index >= 15 is 0 Å². The monoisotopic (exact) mass is 309 g/mol. The highest BCUT2D eigenvalue weighted by atomic mass is 32.2. The molecule has 0 saturated heterocycles. The van der Waals surface area contributed by atoms with Gasteiger partial charge in [0.2, 0.25) is 5.12 Å². The molecule has 106 valence electrons. The number of hydrogen-bond acceptors (Lipinski definition) is 6. The van der Waals surface area contributed by atoms with Crippen molar-refractivity contribution in [3.05, 3.63) is 29.5 Å². The Morgan fingerprint density at radius 1 is 1.40 bits per heavy atom. The Morgan fingerprint density at radius 2 is 2.20 bits per heavy atom. The zero-order valence-corrected chi connectivity index (χ0v) is 13.1. The van der Waals surface area contributed by atoms with E-state index in [0.29, 0.717) is 23.8 Å². The summed E-state index contributed by atoms with van der Waals surface area (Å²) >= 11 is 2.64. The Hall–Kier alpha value is -1.40. The highest BCUT2D eigenvalue weighted by molar-refractivity contribution is 8.45. The number of aliphatic imine (C=N–C) groups is 1. The van der Waals surface area contributed by atoms with Crippen molar-refractivity contribution >= 4 is 39.1 Å². The van der Waals surface area contributed by atoms with E-state index in [1.165, 1.54) is 11.8 Å². The Morgan fingerprint density at radius 3 is 2.80 bits per heavy atom. The van der Waals surface area contributed by atoms with E-state index in [0.717, 1.165) is 21.7 Å². The highest BCUT2D eigenvalue weighted by Gasteiger charge is 2.21. The quantitative estimate of drug-likeness (QED) is 0.798. The molecule has 0 aromatic heterocycles. The van der Waals surface area contributed by atoms with E-state index in [-0.39, 0.29) is 5.12 Å². The molecule has 1 aromatic rings. The molecule has 0 aliphatic carbocycles. The zero-order valence-electron chi connectivity index (χ0n) is 11.5. The number of hydrogen-bond donors (Lipinski definition) is 0. The van der Waals surface area contributed by atoms with Gasteiger partial charge >= 0.3 is 0 Å². The number of nitrogens with zero attached hydrogens (tertiary/aromatic N) is 1. The lowest BCUT2D eigenvalue weighted by Crippen LogP contribution is -1.96. The standard InChI is InChI=1S/C14H15NO3S2/c1-4-18-12-8-9(5-6-11(12)17-2)7-10-13(16)20-14(15-10)19-3/h5-8H,4H2,1-3H3. The summed E-state index contributed by atoms with van der Waals surface area (Å²) < 4.78 is 11.5. The molecule has 1 aliphatic heterocycles. The molecule has 1 aromatic carbocycles. The SMILES string of the molecule is CCOc1cc(C=C2N=C(SC)SC2=O)ccc1OC. The van der Waals surface area contributed by atoms with Crippen molar-refractivity contribution < 1.29 is 14.3 Å². The van der Waals surface area contributed by atoms with Gasteiger partial charge in [-0.1, -0.05) is 6.07 Å². The van der Waals surface area contributed by atoms with Crippen LogP contribution in [0.5, 0.6) is 11.5 Å². The molecule has 0 N–H and O–H groups in total. The Labute approximate surface area is 126 Å². The average molecular weight is 309 g/mol. The van der Waals surface area contributed by atoms with Crippen LogP contribution < -0.4 is 9.47 Å². The van der Waals surface area contributed by atoms with Crippen LogP contribution in [0.3, 0.4) is 0 Å².